The van der Waals surface area contributed by atoms with Crippen LogP contribution in [0.3, 0.4) is 0 Å². The SMILES string of the molecule is CCc1sc2nc(C(C)(C)C)c(C=O)n2c1-c1ccc(C(C)C)cc1. The van der Waals surface area contributed by atoms with Crippen molar-refractivity contribution in [1.82, 2.24) is 9.38 Å². The predicted molar refractivity (Wildman–Crippen MR) is 106 cm³/mol. The number of aryl methyl sites for hydroxylation is 1. The Kier molecular flexibility index (Phi) is 4.58. The maximum atomic E-state index is 11.9. The van der Waals surface area contributed by atoms with Crippen molar-refractivity contribution < 1.29 is 4.79 Å². The van der Waals surface area contributed by atoms with Gasteiger partial charge in [-0.1, -0.05) is 65.8 Å². The zero-order valence-corrected chi connectivity index (χ0v) is 16.7. The summed E-state index contributed by atoms with van der Waals surface area (Å²) in [6.07, 6.45) is 1.89. The highest BCUT2D eigenvalue weighted by molar-refractivity contribution is 7.17. The molecule has 0 aliphatic rings. The molecule has 25 heavy (non-hydrogen) atoms. The first-order valence-corrected chi connectivity index (χ1v) is 9.69. The molecule has 0 N–H and O–H groups in total. The first-order chi connectivity index (χ1) is 11.8. The third-order valence-electron chi connectivity index (χ3n) is 4.58. The Balaban J connectivity index is 2.29. The lowest BCUT2D eigenvalue weighted by Crippen LogP contribution is -2.15. The van der Waals surface area contributed by atoms with Gasteiger partial charge in [0.15, 0.2) is 11.2 Å². The molecule has 0 saturated carbocycles. The highest BCUT2D eigenvalue weighted by Crippen LogP contribution is 2.37. The molecule has 1 aromatic carbocycles. The van der Waals surface area contributed by atoms with E-state index in [4.69, 9.17) is 4.98 Å². The molecule has 3 aromatic rings. The Morgan fingerprint density at radius 1 is 1.20 bits per heavy atom. The summed E-state index contributed by atoms with van der Waals surface area (Å²) < 4.78 is 2.06. The van der Waals surface area contributed by atoms with Crippen LogP contribution < -0.4 is 0 Å². The fourth-order valence-corrected chi connectivity index (χ4v) is 4.28. The molecule has 132 valence electrons. The Bertz CT molecular complexity index is 908. The molecule has 0 saturated heterocycles. The lowest BCUT2D eigenvalue weighted by Gasteiger charge is -2.16. The largest absolute Gasteiger partial charge is 0.296 e. The quantitative estimate of drug-likeness (QED) is 0.550. The number of aromatic nitrogens is 2. The summed E-state index contributed by atoms with van der Waals surface area (Å²) in [6, 6.07) is 8.71. The lowest BCUT2D eigenvalue weighted by molar-refractivity contribution is 0.111. The van der Waals surface area contributed by atoms with E-state index in [1.54, 1.807) is 11.3 Å². The van der Waals surface area contributed by atoms with Gasteiger partial charge in [-0.2, -0.15) is 0 Å². The molecule has 0 amide bonds. The van der Waals surface area contributed by atoms with Crippen molar-refractivity contribution in [2.75, 3.05) is 0 Å². The first kappa shape index (κ1) is 17.9. The van der Waals surface area contributed by atoms with Crippen LogP contribution in [0.25, 0.3) is 16.2 Å². The van der Waals surface area contributed by atoms with Crippen molar-refractivity contribution >= 4 is 22.6 Å². The van der Waals surface area contributed by atoms with Gasteiger partial charge in [0.2, 0.25) is 0 Å². The normalized spacial score (nSPS) is 12.3. The van der Waals surface area contributed by atoms with E-state index in [9.17, 15) is 4.79 Å². The van der Waals surface area contributed by atoms with Crippen LogP contribution in [0.15, 0.2) is 24.3 Å². The molecular weight excluding hydrogens is 328 g/mol. The number of hydrogen-bond donors (Lipinski definition) is 0. The van der Waals surface area contributed by atoms with E-state index in [0.29, 0.717) is 11.6 Å². The van der Waals surface area contributed by atoms with Gasteiger partial charge in [0.05, 0.1) is 11.4 Å². The minimum Gasteiger partial charge on any atom is -0.296 e. The van der Waals surface area contributed by atoms with Gasteiger partial charge in [-0.15, -0.1) is 11.3 Å². The van der Waals surface area contributed by atoms with Crippen molar-refractivity contribution in [3.63, 3.8) is 0 Å². The summed E-state index contributed by atoms with van der Waals surface area (Å²) >= 11 is 1.69. The van der Waals surface area contributed by atoms with E-state index in [-0.39, 0.29) is 5.41 Å². The van der Waals surface area contributed by atoms with Gasteiger partial charge in [-0.25, -0.2) is 4.98 Å². The van der Waals surface area contributed by atoms with Crippen LogP contribution in [-0.4, -0.2) is 15.7 Å². The van der Waals surface area contributed by atoms with Crippen molar-refractivity contribution in [1.29, 1.82) is 0 Å². The van der Waals surface area contributed by atoms with Gasteiger partial charge in [0, 0.05) is 10.3 Å². The van der Waals surface area contributed by atoms with Gasteiger partial charge in [-0.05, 0) is 23.5 Å². The maximum absolute atomic E-state index is 11.9. The van der Waals surface area contributed by atoms with E-state index in [2.05, 4.69) is 70.2 Å². The number of thiazole rings is 1. The van der Waals surface area contributed by atoms with E-state index in [1.807, 2.05) is 0 Å². The predicted octanol–water partition coefficient (Wildman–Crippen LogP) is 5.86. The molecule has 0 unspecified atom stereocenters. The number of carbonyl (C=O) groups is 1. The summed E-state index contributed by atoms with van der Waals surface area (Å²) in [5, 5.41) is 0. The van der Waals surface area contributed by atoms with Crippen LogP contribution in [-0.2, 0) is 11.8 Å². The molecule has 0 aliphatic heterocycles. The molecule has 0 fully saturated rings. The second-order valence-corrected chi connectivity index (χ2v) is 8.90. The molecule has 4 heteroatoms. The maximum Gasteiger partial charge on any atom is 0.195 e. The Morgan fingerprint density at radius 3 is 2.32 bits per heavy atom. The molecule has 0 aliphatic carbocycles. The summed E-state index contributed by atoms with van der Waals surface area (Å²) in [6.45, 7) is 12.9. The van der Waals surface area contributed by atoms with Gasteiger partial charge in [0.25, 0.3) is 0 Å². The summed E-state index contributed by atoms with van der Waals surface area (Å²) in [4.78, 5) is 18.9. The number of rotatable bonds is 4. The first-order valence-electron chi connectivity index (χ1n) is 8.88. The van der Waals surface area contributed by atoms with E-state index in [0.717, 1.165) is 34.6 Å². The van der Waals surface area contributed by atoms with Crippen LogP contribution in [0, 0.1) is 0 Å². The van der Waals surface area contributed by atoms with Crippen LogP contribution in [0.2, 0.25) is 0 Å². The van der Waals surface area contributed by atoms with Crippen LogP contribution in [0.4, 0.5) is 0 Å². The number of fused-ring (bicyclic) bond motifs is 1. The standard InChI is InChI=1S/C21H26N2OS/c1-7-17-18(15-10-8-14(9-11-15)13(2)3)23-16(12-24)19(21(4,5)6)22-20(23)25-17/h8-13H,7H2,1-6H3. The molecule has 0 atom stereocenters. The molecule has 0 bridgehead atoms. The number of hydrogen-bond acceptors (Lipinski definition) is 3. The van der Waals surface area contributed by atoms with Crippen LogP contribution in [0.5, 0.6) is 0 Å². The summed E-state index contributed by atoms with van der Waals surface area (Å²) in [7, 11) is 0. The Morgan fingerprint density at radius 2 is 1.84 bits per heavy atom. The molecule has 0 radical (unpaired) electrons. The number of aldehydes is 1. The molecule has 3 rings (SSSR count). The van der Waals surface area contributed by atoms with Crippen molar-refractivity contribution in [3.05, 3.63) is 46.1 Å². The highest BCUT2D eigenvalue weighted by Gasteiger charge is 2.27. The third kappa shape index (κ3) is 3.04. The zero-order valence-electron chi connectivity index (χ0n) is 15.9. The fraction of sp³-hybridized carbons (Fsp3) is 0.429. The monoisotopic (exact) mass is 354 g/mol. The number of nitrogens with zero attached hydrogens (tertiary/aromatic N) is 2. The van der Waals surface area contributed by atoms with Gasteiger partial charge >= 0.3 is 0 Å². The van der Waals surface area contributed by atoms with Gasteiger partial charge in [-0.3, -0.25) is 9.20 Å². The summed E-state index contributed by atoms with van der Waals surface area (Å²) in [5.41, 5.74) is 4.98. The van der Waals surface area contributed by atoms with Gasteiger partial charge in [0.1, 0.15) is 5.69 Å². The minimum atomic E-state index is -0.160. The second kappa shape index (κ2) is 6.41. The van der Waals surface area contributed by atoms with E-state index < -0.39 is 0 Å². The Hall–Kier alpha value is -1.94. The smallest absolute Gasteiger partial charge is 0.195 e. The number of imidazole rings is 1. The molecule has 3 nitrogen and oxygen atoms in total. The average Bonchev–Trinajstić information content (AvgIpc) is 3.09. The lowest BCUT2D eigenvalue weighted by atomic mass is 9.91. The van der Waals surface area contributed by atoms with E-state index >= 15 is 0 Å². The molecular formula is C21H26N2OS. The highest BCUT2D eigenvalue weighted by atomic mass is 32.1. The van der Waals surface area contributed by atoms with Crippen LogP contribution >= 0.6 is 11.3 Å². The van der Waals surface area contributed by atoms with Crippen molar-refractivity contribution in [2.45, 2.75) is 59.3 Å². The van der Waals surface area contributed by atoms with Gasteiger partial charge < -0.3 is 0 Å². The van der Waals surface area contributed by atoms with Crippen molar-refractivity contribution in [2.24, 2.45) is 0 Å². The van der Waals surface area contributed by atoms with Crippen molar-refractivity contribution in [3.8, 4) is 11.3 Å². The second-order valence-electron chi connectivity index (χ2n) is 7.84. The van der Waals surface area contributed by atoms with Crippen LogP contribution in [0.1, 0.15) is 74.1 Å². The fourth-order valence-electron chi connectivity index (χ4n) is 3.20. The molecule has 2 heterocycles. The topological polar surface area (TPSA) is 34.4 Å². The third-order valence-corrected chi connectivity index (χ3v) is 5.76. The minimum absolute atomic E-state index is 0.160. The average molecular weight is 355 g/mol. The van der Waals surface area contributed by atoms with E-state index in [1.165, 1.54) is 10.4 Å². The molecule has 2 aromatic heterocycles. The zero-order chi connectivity index (χ0) is 18.4. The number of carbonyl (C=O) groups excluding carboxylic acids is 1. The number of benzene rings is 1. The Labute approximate surface area is 153 Å². The summed E-state index contributed by atoms with van der Waals surface area (Å²) in [5.74, 6) is 0.508. The molecule has 0 spiro atoms.